The summed E-state index contributed by atoms with van der Waals surface area (Å²) in [4.78, 5) is 0. The van der Waals surface area contributed by atoms with Gasteiger partial charge < -0.3 is 0 Å². The van der Waals surface area contributed by atoms with Crippen molar-refractivity contribution in [1.82, 2.24) is 0 Å². The molecule has 0 spiro atoms. The second-order valence-electron chi connectivity index (χ2n) is 4.86. The van der Waals surface area contributed by atoms with Crippen molar-refractivity contribution in [3.8, 4) is 11.1 Å². The van der Waals surface area contributed by atoms with Gasteiger partial charge in [-0.05, 0) is 48.4 Å². The van der Waals surface area contributed by atoms with Crippen molar-refractivity contribution in [1.29, 1.82) is 0 Å². The standard InChI is InChI=1S/C19H22/c1-3-5-6-7-17-10-14-19(15-11-17)18-12-8-16(4-2)9-13-18/h3,5,8-15H,4,6-7H2,1-2H3/b5-3+. The van der Waals surface area contributed by atoms with E-state index in [9.17, 15) is 0 Å². The molecule has 0 amide bonds. The summed E-state index contributed by atoms with van der Waals surface area (Å²) in [7, 11) is 0. The van der Waals surface area contributed by atoms with Gasteiger partial charge in [0.05, 0.1) is 0 Å². The van der Waals surface area contributed by atoms with Gasteiger partial charge in [-0.3, -0.25) is 0 Å². The van der Waals surface area contributed by atoms with Crippen molar-refractivity contribution < 1.29 is 0 Å². The molecule has 0 saturated carbocycles. The van der Waals surface area contributed by atoms with Gasteiger partial charge in [0.25, 0.3) is 0 Å². The first-order chi connectivity index (χ1) is 9.33. The molecular weight excluding hydrogens is 228 g/mol. The highest BCUT2D eigenvalue weighted by molar-refractivity contribution is 5.63. The first-order valence-electron chi connectivity index (χ1n) is 7.13. The van der Waals surface area contributed by atoms with E-state index in [1.807, 2.05) is 0 Å². The molecule has 0 saturated heterocycles. The van der Waals surface area contributed by atoms with Crippen LogP contribution >= 0.6 is 0 Å². The second kappa shape index (κ2) is 6.94. The summed E-state index contributed by atoms with van der Waals surface area (Å²) in [6.45, 7) is 4.26. The van der Waals surface area contributed by atoms with E-state index >= 15 is 0 Å². The molecule has 19 heavy (non-hydrogen) atoms. The molecule has 0 radical (unpaired) electrons. The maximum atomic E-state index is 2.24. The van der Waals surface area contributed by atoms with Crippen LogP contribution in [0.4, 0.5) is 0 Å². The summed E-state index contributed by atoms with van der Waals surface area (Å²) < 4.78 is 0. The summed E-state index contributed by atoms with van der Waals surface area (Å²) in [5.41, 5.74) is 5.41. The number of hydrogen-bond donors (Lipinski definition) is 0. The minimum absolute atomic E-state index is 1.10. The molecule has 0 N–H and O–H groups in total. The van der Waals surface area contributed by atoms with Crippen molar-refractivity contribution in [2.24, 2.45) is 0 Å². The monoisotopic (exact) mass is 250 g/mol. The van der Waals surface area contributed by atoms with Crippen LogP contribution in [0.5, 0.6) is 0 Å². The average Bonchev–Trinajstić information content (AvgIpc) is 2.48. The Bertz CT molecular complexity index is 515. The molecule has 0 heteroatoms. The third kappa shape index (κ3) is 3.82. The third-order valence-corrected chi connectivity index (χ3v) is 3.48. The minimum atomic E-state index is 1.10. The predicted molar refractivity (Wildman–Crippen MR) is 84.4 cm³/mol. The highest BCUT2D eigenvalue weighted by Crippen LogP contribution is 2.21. The van der Waals surface area contributed by atoms with E-state index in [1.54, 1.807) is 0 Å². The maximum absolute atomic E-state index is 2.24. The lowest BCUT2D eigenvalue weighted by Gasteiger charge is -2.05. The Morgan fingerprint density at radius 2 is 1.32 bits per heavy atom. The molecule has 98 valence electrons. The van der Waals surface area contributed by atoms with Gasteiger partial charge in [0.2, 0.25) is 0 Å². The molecule has 0 aliphatic carbocycles. The lowest BCUT2D eigenvalue weighted by Crippen LogP contribution is -1.85. The Labute approximate surface area is 116 Å². The lowest BCUT2D eigenvalue weighted by atomic mass is 10.0. The van der Waals surface area contributed by atoms with Crippen molar-refractivity contribution in [3.63, 3.8) is 0 Å². The van der Waals surface area contributed by atoms with Crippen molar-refractivity contribution >= 4 is 0 Å². The van der Waals surface area contributed by atoms with Crippen LogP contribution in [-0.2, 0) is 12.8 Å². The first-order valence-corrected chi connectivity index (χ1v) is 7.13. The fourth-order valence-corrected chi connectivity index (χ4v) is 2.21. The quantitative estimate of drug-likeness (QED) is 0.621. The van der Waals surface area contributed by atoms with Crippen molar-refractivity contribution in [2.75, 3.05) is 0 Å². The lowest BCUT2D eigenvalue weighted by molar-refractivity contribution is 1.000. The molecule has 0 unspecified atom stereocenters. The van der Waals surface area contributed by atoms with E-state index in [2.05, 4.69) is 74.5 Å². The van der Waals surface area contributed by atoms with Crippen LogP contribution in [0.25, 0.3) is 11.1 Å². The van der Waals surface area contributed by atoms with Crippen LogP contribution in [0, 0.1) is 0 Å². The Kier molecular flexibility index (Phi) is 4.97. The van der Waals surface area contributed by atoms with Gasteiger partial charge in [-0.2, -0.15) is 0 Å². The Hall–Kier alpha value is -1.82. The SMILES string of the molecule is C/C=C/CCc1ccc(-c2ccc(CC)cc2)cc1. The minimum Gasteiger partial charge on any atom is -0.0917 e. The number of allylic oxidation sites excluding steroid dienone is 2. The highest BCUT2D eigenvalue weighted by Gasteiger charge is 1.98. The zero-order valence-electron chi connectivity index (χ0n) is 11.9. The molecule has 2 aromatic rings. The van der Waals surface area contributed by atoms with Crippen LogP contribution in [0.2, 0.25) is 0 Å². The fraction of sp³-hybridized carbons (Fsp3) is 0.263. The van der Waals surface area contributed by atoms with E-state index < -0.39 is 0 Å². The van der Waals surface area contributed by atoms with Crippen molar-refractivity contribution in [3.05, 3.63) is 71.8 Å². The largest absolute Gasteiger partial charge is 0.0917 e. The number of hydrogen-bond acceptors (Lipinski definition) is 0. The van der Waals surface area contributed by atoms with E-state index in [1.165, 1.54) is 22.3 Å². The molecule has 0 aromatic heterocycles. The van der Waals surface area contributed by atoms with Gasteiger partial charge in [0, 0.05) is 0 Å². The molecule has 0 aliphatic heterocycles. The van der Waals surface area contributed by atoms with Gasteiger partial charge in [-0.25, -0.2) is 0 Å². The summed E-state index contributed by atoms with van der Waals surface area (Å²) in [6, 6.07) is 17.8. The van der Waals surface area contributed by atoms with Crippen LogP contribution < -0.4 is 0 Å². The van der Waals surface area contributed by atoms with Gasteiger partial charge in [-0.15, -0.1) is 0 Å². The van der Waals surface area contributed by atoms with Crippen LogP contribution in [0.1, 0.15) is 31.4 Å². The third-order valence-electron chi connectivity index (χ3n) is 3.48. The maximum Gasteiger partial charge on any atom is -0.0184 e. The molecule has 0 bridgehead atoms. The Balaban J connectivity index is 2.08. The number of benzene rings is 2. The van der Waals surface area contributed by atoms with Gasteiger partial charge in [0.15, 0.2) is 0 Å². The summed E-state index contributed by atoms with van der Waals surface area (Å²) in [5, 5.41) is 0. The fourth-order valence-electron chi connectivity index (χ4n) is 2.21. The van der Waals surface area contributed by atoms with Crippen LogP contribution in [0.15, 0.2) is 60.7 Å². The van der Waals surface area contributed by atoms with E-state index in [0.717, 1.165) is 19.3 Å². The van der Waals surface area contributed by atoms with E-state index in [4.69, 9.17) is 0 Å². The molecule has 0 atom stereocenters. The van der Waals surface area contributed by atoms with E-state index in [0.29, 0.717) is 0 Å². The summed E-state index contributed by atoms with van der Waals surface area (Å²) >= 11 is 0. The molecule has 2 aromatic carbocycles. The van der Waals surface area contributed by atoms with Gasteiger partial charge in [-0.1, -0.05) is 67.6 Å². The molecule has 0 aliphatic rings. The highest BCUT2D eigenvalue weighted by atomic mass is 14.0. The smallest absolute Gasteiger partial charge is 0.0184 e. The second-order valence-corrected chi connectivity index (χ2v) is 4.86. The summed E-state index contributed by atoms with van der Waals surface area (Å²) in [6.07, 6.45) is 7.69. The average molecular weight is 250 g/mol. The first kappa shape index (κ1) is 13.6. The van der Waals surface area contributed by atoms with Crippen molar-refractivity contribution in [2.45, 2.75) is 33.1 Å². The van der Waals surface area contributed by atoms with Crippen LogP contribution in [0.3, 0.4) is 0 Å². The zero-order valence-corrected chi connectivity index (χ0v) is 11.9. The normalized spacial score (nSPS) is 11.1. The summed E-state index contributed by atoms with van der Waals surface area (Å²) in [5.74, 6) is 0. The zero-order chi connectivity index (χ0) is 13.5. The topological polar surface area (TPSA) is 0 Å². The number of rotatable bonds is 5. The number of aryl methyl sites for hydroxylation is 2. The molecule has 2 rings (SSSR count). The van der Waals surface area contributed by atoms with Gasteiger partial charge >= 0.3 is 0 Å². The van der Waals surface area contributed by atoms with E-state index in [-0.39, 0.29) is 0 Å². The molecule has 0 fully saturated rings. The Morgan fingerprint density at radius 3 is 1.79 bits per heavy atom. The molecule has 0 nitrogen and oxygen atoms in total. The molecule has 0 heterocycles. The predicted octanol–water partition coefficient (Wildman–Crippen LogP) is 5.42. The van der Waals surface area contributed by atoms with Crippen LogP contribution in [-0.4, -0.2) is 0 Å². The van der Waals surface area contributed by atoms with Gasteiger partial charge in [0.1, 0.15) is 0 Å². The Morgan fingerprint density at radius 1 is 0.789 bits per heavy atom. The molecular formula is C19H22.